The van der Waals surface area contributed by atoms with Gasteiger partial charge in [0.05, 0.1) is 0 Å². The highest BCUT2D eigenvalue weighted by Gasteiger charge is 2.41. The summed E-state index contributed by atoms with van der Waals surface area (Å²) in [4.78, 5) is 24.5. The lowest BCUT2D eigenvalue weighted by Gasteiger charge is -2.22. The molecular weight excluding hydrogens is 421 g/mol. The molecule has 0 atom stereocenters. The number of aryl methyl sites for hydroxylation is 1. The van der Waals surface area contributed by atoms with E-state index in [1.807, 2.05) is 42.5 Å². The third kappa shape index (κ3) is 6.23. The number of benzene rings is 2. The second kappa shape index (κ2) is 10.2. The van der Waals surface area contributed by atoms with E-state index in [1.165, 1.54) is 6.92 Å². The first-order chi connectivity index (χ1) is 15.3. The van der Waals surface area contributed by atoms with Gasteiger partial charge < -0.3 is 14.6 Å². The van der Waals surface area contributed by atoms with Gasteiger partial charge in [-0.2, -0.15) is 13.2 Å². The molecule has 0 fully saturated rings. The fraction of sp³-hybridized carbons (Fsp3) is 0.250. The monoisotopic (exact) mass is 444 g/mol. The van der Waals surface area contributed by atoms with Crippen LogP contribution in [0.15, 0.2) is 71.1 Å². The second-order valence-corrected chi connectivity index (χ2v) is 7.20. The van der Waals surface area contributed by atoms with E-state index in [0.717, 1.165) is 11.3 Å². The first kappa shape index (κ1) is 23.1. The Balaban J connectivity index is 1.56. The number of carbonyl (C=O) groups excluding carboxylic acids is 2. The molecule has 0 aliphatic heterocycles. The Morgan fingerprint density at radius 2 is 1.75 bits per heavy atom. The summed E-state index contributed by atoms with van der Waals surface area (Å²) >= 11 is 0. The van der Waals surface area contributed by atoms with Crippen molar-refractivity contribution in [3.8, 4) is 11.3 Å². The summed E-state index contributed by atoms with van der Waals surface area (Å²) in [6.45, 7) is 1.20. The van der Waals surface area contributed by atoms with Gasteiger partial charge in [0, 0.05) is 37.2 Å². The molecule has 0 aliphatic rings. The zero-order chi connectivity index (χ0) is 23.1. The number of anilines is 1. The molecule has 0 saturated carbocycles. The second-order valence-electron chi connectivity index (χ2n) is 7.20. The van der Waals surface area contributed by atoms with Crippen LogP contribution in [0.1, 0.15) is 24.7 Å². The Hall–Kier alpha value is -3.55. The van der Waals surface area contributed by atoms with Gasteiger partial charge in [-0.05, 0) is 36.8 Å². The lowest BCUT2D eigenvalue weighted by molar-refractivity contribution is -0.185. The smallest absolute Gasteiger partial charge is 0.461 e. The number of hydrogen-bond acceptors (Lipinski definition) is 3. The Labute approximate surface area is 183 Å². The minimum Gasteiger partial charge on any atom is -0.461 e. The third-order valence-electron chi connectivity index (χ3n) is 4.81. The number of amides is 2. The molecule has 1 heterocycles. The molecule has 0 saturated heterocycles. The van der Waals surface area contributed by atoms with Crippen LogP contribution in [-0.4, -0.2) is 29.4 Å². The number of furan rings is 1. The van der Waals surface area contributed by atoms with Gasteiger partial charge in [-0.3, -0.25) is 9.59 Å². The van der Waals surface area contributed by atoms with Gasteiger partial charge >= 0.3 is 12.1 Å². The highest BCUT2D eigenvalue weighted by atomic mass is 19.4. The molecule has 2 aromatic carbocycles. The summed E-state index contributed by atoms with van der Waals surface area (Å²) in [5.41, 5.74) is 1.89. The highest BCUT2D eigenvalue weighted by molar-refractivity contribution is 5.90. The van der Waals surface area contributed by atoms with Crippen molar-refractivity contribution in [3.05, 3.63) is 78.1 Å². The van der Waals surface area contributed by atoms with Crippen LogP contribution < -0.4 is 5.32 Å². The van der Waals surface area contributed by atoms with Crippen molar-refractivity contribution >= 4 is 17.5 Å². The Bertz CT molecular complexity index is 1060. The van der Waals surface area contributed by atoms with Crippen molar-refractivity contribution in [1.29, 1.82) is 0 Å². The van der Waals surface area contributed by atoms with E-state index in [2.05, 4.69) is 5.32 Å². The summed E-state index contributed by atoms with van der Waals surface area (Å²) in [6.07, 6.45) is -4.34. The van der Waals surface area contributed by atoms with Gasteiger partial charge in [0.25, 0.3) is 0 Å². The zero-order valence-corrected chi connectivity index (χ0v) is 17.5. The van der Waals surface area contributed by atoms with Crippen LogP contribution in [-0.2, 0) is 22.6 Å². The lowest BCUT2D eigenvalue weighted by atomic mass is 10.1. The van der Waals surface area contributed by atoms with E-state index in [9.17, 15) is 22.8 Å². The largest absolute Gasteiger partial charge is 0.471 e. The minimum absolute atomic E-state index is 0.0803. The molecular formula is C24H23F3N2O3. The Morgan fingerprint density at radius 3 is 2.44 bits per heavy atom. The maximum atomic E-state index is 12.7. The van der Waals surface area contributed by atoms with E-state index in [4.69, 9.17) is 4.42 Å². The molecule has 0 spiro atoms. The third-order valence-corrected chi connectivity index (χ3v) is 4.81. The topological polar surface area (TPSA) is 62.6 Å². The first-order valence-electron chi connectivity index (χ1n) is 10.2. The Kier molecular flexibility index (Phi) is 7.35. The van der Waals surface area contributed by atoms with Gasteiger partial charge in [0.2, 0.25) is 5.91 Å². The molecule has 168 valence electrons. The fourth-order valence-corrected chi connectivity index (χ4v) is 3.20. The van der Waals surface area contributed by atoms with Crippen molar-refractivity contribution in [2.24, 2.45) is 0 Å². The van der Waals surface area contributed by atoms with E-state index >= 15 is 0 Å². The molecule has 0 unspecified atom stereocenters. The fourth-order valence-electron chi connectivity index (χ4n) is 3.20. The number of rotatable bonds is 8. The SMILES string of the molecule is CCN(Cc1cccc(NC(=O)CCc2ccc(-c3ccccc3)o2)c1)C(=O)C(F)(F)F. The molecule has 0 radical (unpaired) electrons. The quantitative estimate of drug-likeness (QED) is 0.504. The molecule has 5 nitrogen and oxygen atoms in total. The van der Waals surface area contributed by atoms with Gasteiger partial charge in [-0.1, -0.05) is 42.5 Å². The molecule has 32 heavy (non-hydrogen) atoms. The number of carbonyl (C=O) groups is 2. The molecule has 0 bridgehead atoms. The van der Waals surface area contributed by atoms with Crippen LogP contribution in [0.3, 0.4) is 0 Å². The molecule has 3 aromatic rings. The molecule has 8 heteroatoms. The van der Waals surface area contributed by atoms with Crippen LogP contribution in [0.5, 0.6) is 0 Å². The van der Waals surface area contributed by atoms with E-state index < -0.39 is 12.1 Å². The van der Waals surface area contributed by atoms with Crippen LogP contribution in [0, 0.1) is 0 Å². The number of halogens is 3. The zero-order valence-electron chi connectivity index (χ0n) is 17.5. The number of nitrogens with zero attached hydrogens (tertiary/aromatic N) is 1. The molecule has 1 N–H and O–H groups in total. The molecule has 1 aromatic heterocycles. The van der Waals surface area contributed by atoms with E-state index in [1.54, 1.807) is 24.3 Å². The van der Waals surface area contributed by atoms with Gasteiger partial charge in [0.1, 0.15) is 11.5 Å². The molecule has 2 amide bonds. The predicted molar refractivity (Wildman–Crippen MR) is 115 cm³/mol. The summed E-state index contributed by atoms with van der Waals surface area (Å²) < 4.78 is 43.9. The molecule has 0 aliphatic carbocycles. The normalized spacial score (nSPS) is 11.2. The first-order valence-corrected chi connectivity index (χ1v) is 10.2. The van der Waals surface area contributed by atoms with Crippen LogP contribution in [0.4, 0.5) is 18.9 Å². The minimum atomic E-state index is -4.92. The van der Waals surface area contributed by atoms with E-state index in [-0.39, 0.29) is 25.4 Å². The van der Waals surface area contributed by atoms with Crippen molar-refractivity contribution in [2.75, 3.05) is 11.9 Å². The standard InChI is InChI=1S/C24H23F3N2O3/c1-2-29(23(31)24(25,26)27)16-17-7-6-10-19(15-17)28-22(30)14-12-20-11-13-21(32-20)18-8-4-3-5-9-18/h3-11,13,15H,2,12,14,16H2,1H3,(H,28,30). The highest BCUT2D eigenvalue weighted by Crippen LogP contribution is 2.23. The van der Waals surface area contributed by atoms with Gasteiger partial charge in [-0.15, -0.1) is 0 Å². The summed E-state index contributed by atoms with van der Waals surface area (Å²) in [5, 5.41) is 2.74. The summed E-state index contributed by atoms with van der Waals surface area (Å²) in [6, 6.07) is 19.7. The average Bonchev–Trinajstić information content (AvgIpc) is 3.25. The summed E-state index contributed by atoms with van der Waals surface area (Å²) in [7, 11) is 0. The summed E-state index contributed by atoms with van der Waals surface area (Å²) in [5.74, 6) is -0.735. The van der Waals surface area contributed by atoms with Crippen molar-refractivity contribution in [1.82, 2.24) is 4.90 Å². The number of alkyl halides is 3. The number of nitrogens with one attached hydrogen (secondary N) is 1. The maximum Gasteiger partial charge on any atom is 0.471 e. The number of hydrogen-bond donors (Lipinski definition) is 1. The van der Waals surface area contributed by atoms with Gasteiger partial charge in [0.15, 0.2) is 0 Å². The van der Waals surface area contributed by atoms with Crippen LogP contribution >= 0.6 is 0 Å². The van der Waals surface area contributed by atoms with Crippen molar-refractivity contribution in [3.63, 3.8) is 0 Å². The lowest BCUT2D eigenvalue weighted by Crippen LogP contribution is -2.40. The predicted octanol–water partition coefficient (Wildman–Crippen LogP) is 5.43. The van der Waals surface area contributed by atoms with Crippen LogP contribution in [0.2, 0.25) is 0 Å². The molecule has 3 rings (SSSR count). The Morgan fingerprint density at radius 1 is 1.00 bits per heavy atom. The van der Waals surface area contributed by atoms with Gasteiger partial charge in [-0.25, -0.2) is 0 Å². The van der Waals surface area contributed by atoms with Crippen molar-refractivity contribution in [2.45, 2.75) is 32.5 Å². The van der Waals surface area contributed by atoms with Crippen LogP contribution in [0.25, 0.3) is 11.3 Å². The van der Waals surface area contributed by atoms with Crippen molar-refractivity contribution < 1.29 is 27.2 Å². The maximum absolute atomic E-state index is 12.7. The average molecular weight is 444 g/mol. The van der Waals surface area contributed by atoms with E-state index in [0.29, 0.717) is 28.3 Å².